The average Bonchev–Trinajstić information content (AvgIpc) is 3.14. The molecule has 6 heteroatoms. The fourth-order valence-corrected chi connectivity index (χ4v) is 5.78. The van der Waals surface area contributed by atoms with E-state index in [0.717, 1.165) is 39.5 Å². The molecule has 5 nitrogen and oxygen atoms in total. The number of aryl methyl sites for hydroxylation is 1. The summed E-state index contributed by atoms with van der Waals surface area (Å²) < 4.78 is 11.8. The first-order valence-electron chi connectivity index (χ1n) is 12.0. The predicted octanol–water partition coefficient (Wildman–Crippen LogP) is 6.56. The molecule has 2 aromatic heterocycles. The molecule has 3 heterocycles. The number of para-hydroxylation sites is 2. The first-order chi connectivity index (χ1) is 17.4. The number of ether oxygens (including phenoxy) is 1. The number of imidazole rings is 1. The van der Waals surface area contributed by atoms with Crippen LogP contribution < -0.4 is 9.64 Å². The minimum atomic E-state index is 0.135. The second kappa shape index (κ2) is 8.90. The van der Waals surface area contributed by atoms with E-state index in [-0.39, 0.29) is 5.41 Å². The molecule has 0 bridgehead atoms. The molecule has 0 N–H and O–H groups in total. The zero-order chi connectivity index (χ0) is 24.9. The molecule has 0 fully saturated rings. The number of hydrogen-bond acceptors (Lipinski definition) is 3. The summed E-state index contributed by atoms with van der Waals surface area (Å²) in [5.41, 5.74) is 5.65. The van der Waals surface area contributed by atoms with Gasteiger partial charge in [-0.1, -0.05) is 19.9 Å². The van der Waals surface area contributed by atoms with E-state index in [1.165, 1.54) is 11.1 Å². The van der Waals surface area contributed by atoms with E-state index in [0.29, 0.717) is 11.5 Å². The zero-order valence-corrected chi connectivity index (χ0v) is 22.7. The van der Waals surface area contributed by atoms with Crippen molar-refractivity contribution in [2.75, 3.05) is 11.4 Å². The van der Waals surface area contributed by atoms with Gasteiger partial charge in [0, 0.05) is 6.20 Å². The van der Waals surface area contributed by atoms with Crippen LogP contribution in [0.4, 0.5) is 11.5 Å². The Morgan fingerprint density at radius 3 is 2.47 bits per heavy atom. The molecule has 0 saturated carbocycles. The van der Waals surface area contributed by atoms with Crippen LogP contribution in [-0.4, -0.2) is 20.7 Å². The Labute approximate surface area is 222 Å². The van der Waals surface area contributed by atoms with Crippen molar-refractivity contribution in [3.05, 3.63) is 100 Å². The molecule has 0 atom stereocenters. The standard InChI is InChI=1S/C30H26N4O.Pt/c1-30(2)19-22-14-15-25(18-28(22)33(20-30)29-13-6-7-16-31-29)35-24-10-8-9-23(17-24)34-21-32(3)26-11-4-5-12-27(26)34;/h4-16H,19-20H2,1-3H3;/q-2;. The molecule has 0 saturated heterocycles. The van der Waals surface area contributed by atoms with Crippen LogP contribution in [0.3, 0.4) is 0 Å². The maximum atomic E-state index is 6.32. The molecule has 5 aromatic rings. The van der Waals surface area contributed by atoms with E-state index >= 15 is 0 Å². The monoisotopic (exact) mass is 653 g/mol. The number of fused-ring (bicyclic) bond motifs is 2. The number of benzene rings is 3. The summed E-state index contributed by atoms with van der Waals surface area (Å²) in [5.74, 6) is 2.25. The van der Waals surface area contributed by atoms with Crippen molar-refractivity contribution in [1.82, 2.24) is 14.1 Å². The normalized spacial score (nSPS) is 14.6. The fraction of sp³-hybridized carbons (Fsp3) is 0.200. The molecule has 0 unspecified atom stereocenters. The van der Waals surface area contributed by atoms with Crippen LogP contribution in [0, 0.1) is 21.4 Å². The molecular weight excluding hydrogens is 627 g/mol. The Bertz CT molecular complexity index is 1630. The van der Waals surface area contributed by atoms with Crippen LogP contribution >= 0.6 is 0 Å². The Morgan fingerprint density at radius 1 is 0.889 bits per heavy atom. The number of rotatable bonds is 4. The molecule has 0 amide bonds. The first-order valence-corrected chi connectivity index (χ1v) is 13.1. The van der Waals surface area contributed by atoms with Crippen LogP contribution in [0.1, 0.15) is 19.4 Å². The fourth-order valence-electron chi connectivity index (χ4n) is 4.96. The quantitative estimate of drug-likeness (QED) is 0.206. The van der Waals surface area contributed by atoms with Gasteiger partial charge in [0.25, 0.3) is 0 Å². The topological polar surface area (TPSA) is 35.2 Å². The van der Waals surface area contributed by atoms with E-state index < -0.39 is 0 Å². The van der Waals surface area contributed by atoms with Gasteiger partial charge in [0.15, 0.2) is 0 Å². The molecular formula is C30H26N4OPt-2. The maximum absolute atomic E-state index is 6.32. The van der Waals surface area contributed by atoms with Crippen LogP contribution in [0.5, 0.6) is 11.5 Å². The summed E-state index contributed by atoms with van der Waals surface area (Å²) >= 11 is 2.36. The van der Waals surface area contributed by atoms with E-state index in [1.807, 2.05) is 42.6 Å². The summed E-state index contributed by atoms with van der Waals surface area (Å²) in [6, 6.07) is 31.6. The Balaban J connectivity index is 1.37. The molecule has 36 heavy (non-hydrogen) atoms. The molecule has 0 spiro atoms. The molecule has 1 aliphatic heterocycles. The molecule has 6 rings (SSSR count). The predicted molar refractivity (Wildman–Crippen MR) is 138 cm³/mol. The second-order valence-electron chi connectivity index (χ2n) is 9.94. The molecule has 3 aromatic carbocycles. The second-order valence-corrected chi connectivity index (χ2v) is 11.0. The third kappa shape index (κ3) is 4.12. The number of aromatic nitrogens is 3. The van der Waals surface area contributed by atoms with E-state index in [1.54, 1.807) is 0 Å². The van der Waals surface area contributed by atoms with E-state index in [2.05, 4.69) is 108 Å². The zero-order valence-electron chi connectivity index (χ0n) is 20.4. The van der Waals surface area contributed by atoms with E-state index in [9.17, 15) is 0 Å². The third-order valence-electron chi connectivity index (χ3n) is 6.56. The first kappa shape index (κ1) is 23.0. The van der Waals surface area contributed by atoms with Gasteiger partial charge in [-0.2, -0.15) is 0 Å². The Hall–Kier alpha value is -3.43. The number of nitrogens with zero attached hydrogens (tertiary/aromatic N) is 4. The summed E-state index contributed by atoms with van der Waals surface area (Å²) in [6.45, 7) is 5.46. The minimum absolute atomic E-state index is 0.135. The third-order valence-corrected chi connectivity index (χ3v) is 7.83. The van der Waals surface area contributed by atoms with Gasteiger partial charge < -0.3 is 0 Å². The van der Waals surface area contributed by atoms with Crippen molar-refractivity contribution in [3.63, 3.8) is 0 Å². The van der Waals surface area contributed by atoms with E-state index in [4.69, 9.17) is 4.74 Å². The summed E-state index contributed by atoms with van der Waals surface area (Å²) in [4.78, 5) is 6.86. The summed E-state index contributed by atoms with van der Waals surface area (Å²) in [7, 11) is 2.08. The number of pyridine rings is 1. The van der Waals surface area contributed by atoms with Crippen molar-refractivity contribution in [2.45, 2.75) is 20.3 Å². The molecule has 0 aliphatic carbocycles. The summed E-state index contributed by atoms with van der Waals surface area (Å²) in [5, 5.41) is 0. The van der Waals surface area contributed by atoms with Gasteiger partial charge in [-0.3, -0.25) is 0 Å². The van der Waals surface area contributed by atoms with Crippen LogP contribution in [0.15, 0.2) is 79.0 Å². The number of anilines is 2. The van der Waals surface area contributed by atoms with Crippen molar-refractivity contribution in [2.24, 2.45) is 12.5 Å². The molecule has 184 valence electrons. The van der Waals surface area contributed by atoms with Gasteiger partial charge in [0.1, 0.15) is 0 Å². The van der Waals surface area contributed by atoms with Gasteiger partial charge in [0.2, 0.25) is 0 Å². The van der Waals surface area contributed by atoms with Gasteiger partial charge in [-0.25, -0.2) is 0 Å². The van der Waals surface area contributed by atoms with Gasteiger partial charge in [-0.15, -0.1) is 0 Å². The van der Waals surface area contributed by atoms with Gasteiger partial charge >= 0.3 is 190 Å². The van der Waals surface area contributed by atoms with Crippen molar-refractivity contribution < 1.29 is 24.1 Å². The van der Waals surface area contributed by atoms with Crippen molar-refractivity contribution in [3.8, 4) is 17.2 Å². The van der Waals surface area contributed by atoms with Crippen molar-refractivity contribution in [1.29, 1.82) is 0 Å². The Kier molecular flexibility index (Phi) is 5.69. The van der Waals surface area contributed by atoms with Crippen LogP contribution in [0.25, 0.3) is 16.7 Å². The Morgan fingerprint density at radius 2 is 1.67 bits per heavy atom. The summed E-state index contributed by atoms with van der Waals surface area (Å²) in [6.07, 6.45) is 2.82. The van der Waals surface area contributed by atoms with Crippen molar-refractivity contribution >= 4 is 22.5 Å². The molecule has 1 aliphatic rings. The van der Waals surface area contributed by atoms with Crippen LogP contribution in [-0.2, 0) is 32.8 Å². The SMILES string of the molecule is Cn1[c](=[Pt])n(-c2[c-]c(Oc3[c-]c4c(cc3)CC(C)(C)CN4c3ccccn3)ccc2)c2ccccc21. The number of hydrogen-bond donors (Lipinski definition) is 0. The van der Waals surface area contributed by atoms with Gasteiger partial charge in [0.05, 0.1) is 0 Å². The molecule has 0 radical (unpaired) electrons. The van der Waals surface area contributed by atoms with Crippen LogP contribution in [0.2, 0.25) is 0 Å². The van der Waals surface area contributed by atoms with Gasteiger partial charge in [-0.05, 0) is 6.07 Å². The average molecular weight is 654 g/mol.